The standard InChI is InChI=1S/C39H66O14/c1-17(2)8-13-39(48)18(3)25-33(53-39)29(44)26-21-7-6-19-14-20(9-11-37(19,4)22(21)10-12-38(25,26)5)49-36-34(31(46)28(43)24(16-41)51-36)52-35-32(47)30(45)27(42)23(15-40)50-35/h17-36,40-48H,6-16H2,1-5H3/t18-,19+,20-,21+,22-,23+,24+,25-,26+,27+,28-,29+,30-,31-,32+,33+,34+,35-,36+,37-,38+,39+/m0/s1. The highest BCUT2D eigenvalue weighted by atomic mass is 16.8. The number of fused-ring (bicyclic) bond motifs is 7. The van der Waals surface area contributed by atoms with Gasteiger partial charge in [0.15, 0.2) is 18.4 Å². The van der Waals surface area contributed by atoms with Crippen molar-refractivity contribution in [1.29, 1.82) is 0 Å². The SMILES string of the molecule is CC(C)CC[C@@]1(O)O[C@H]2[C@H](O)[C@H]3[C@@H]4CC[C@@H]5C[C@@H](O[C@@H]6O[C@H](CO)[C@H](O)[C@H](O)[C@H]6O[C@@H]6O[C@H](CO)[C@@H](O)[C@H](O)[C@H]6O)CC[C@]5(C)[C@H]4CC[C@]3(C)[C@H]2[C@@H]1C. The summed E-state index contributed by atoms with van der Waals surface area (Å²) in [5.41, 5.74) is -0.117. The highest BCUT2D eigenvalue weighted by Crippen LogP contribution is 2.71. The Morgan fingerprint density at radius 3 is 2.02 bits per heavy atom. The number of aliphatic hydroxyl groups excluding tert-OH is 8. The molecule has 0 amide bonds. The molecule has 0 spiro atoms. The van der Waals surface area contributed by atoms with Crippen molar-refractivity contribution in [3.05, 3.63) is 0 Å². The van der Waals surface area contributed by atoms with Crippen molar-refractivity contribution in [3.8, 4) is 0 Å². The van der Waals surface area contributed by atoms with Crippen LogP contribution in [0.3, 0.4) is 0 Å². The topological polar surface area (TPSA) is 228 Å². The van der Waals surface area contributed by atoms with E-state index in [2.05, 4.69) is 34.6 Å². The van der Waals surface area contributed by atoms with Crippen LogP contribution in [0, 0.1) is 52.3 Å². The van der Waals surface area contributed by atoms with Gasteiger partial charge >= 0.3 is 0 Å². The molecule has 0 bridgehead atoms. The lowest BCUT2D eigenvalue weighted by Crippen LogP contribution is -2.65. The second-order valence-corrected chi connectivity index (χ2v) is 18.8. The number of hydrogen-bond acceptors (Lipinski definition) is 14. The predicted octanol–water partition coefficient (Wildman–Crippen LogP) is 0.395. The fourth-order valence-electron chi connectivity index (χ4n) is 12.7. The quantitative estimate of drug-likeness (QED) is 0.145. The van der Waals surface area contributed by atoms with Gasteiger partial charge in [-0.05, 0) is 91.8 Å². The molecule has 3 aliphatic heterocycles. The summed E-state index contributed by atoms with van der Waals surface area (Å²) in [5.74, 6) is 0.445. The summed E-state index contributed by atoms with van der Waals surface area (Å²) in [6.45, 7) is 9.90. The van der Waals surface area contributed by atoms with Crippen molar-refractivity contribution in [3.63, 3.8) is 0 Å². The maximum atomic E-state index is 12.0. The predicted molar refractivity (Wildman–Crippen MR) is 186 cm³/mol. The molecule has 4 aliphatic carbocycles. The van der Waals surface area contributed by atoms with Crippen LogP contribution >= 0.6 is 0 Å². The molecule has 0 aromatic carbocycles. The first-order chi connectivity index (χ1) is 25.0. The third-order valence-electron chi connectivity index (χ3n) is 15.7. The van der Waals surface area contributed by atoms with Gasteiger partial charge in [0.1, 0.15) is 48.8 Å². The van der Waals surface area contributed by atoms with Gasteiger partial charge in [0.05, 0.1) is 31.5 Å². The van der Waals surface area contributed by atoms with Crippen LogP contribution in [0.25, 0.3) is 0 Å². The van der Waals surface area contributed by atoms with Crippen LogP contribution in [-0.4, -0.2) is 145 Å². The van der Waals surface area contributed by atoms with Crippen LogP contribution in [0.15, 0.2) is 0 Å². The maximum Gasteiger partial charge on any atom is 0.187 e. The van der Waals surface area contributed by atoms with Crippen molar-refractivity contribution >= 4 is 0 Å². The lowest BCUT2D eigenvalue weighted by molar-refractivity contribution is -0.373. The third-order valence-corrected chi connectivity index (χ3v) is 15.7. The number of aliphatic hydroxyl groups is 9. The van der Waals surface area contributed by atoms with Crippen LogP contribution in [0.4, 0.5) is 0 Å². The van der Waals surface area contributed by atoms with Crippen LogP contribution in [0.5, 0.6) is 0 Å². The molecule has 306 valence electrons. The van der Waals surface area contributed by atoms with Gasteiger partial charge in [-0.2, -0.15) is 0 Å². The zero-order valence-corrected chi connectivity index (χ0v) is 31.9. The molecule has 9 N–H and O–H groups in total. The molecule has 14 nitrogen and oxygen atoms in total. The van der Waals surface area contributed by atoms with E-state index < -0.39 is 86.5 Å². The molecule has 0 aromatic heterocycles. The average molecular weight is 759 g/mol. The molecule has 0 radical (unpaired) electrons. The zero-order chi connectivity index (χ0) is 38.4. The summed E-state index contributed by atoms with van der Waals surface area (Å²) in [5, 5.41) is 96.3. The molecule has 0 unspecified atom stereocenters. The van der Waals surface area contributed by atoms with Crippen LogP contribution in [-0.2, 0) is 23.7 Å². The van der Waals surface area contributed by atoms with Gasteiger partial charge in [-0.25, -0.2) is 0 Å². The molecule has 22 atom stereocenters. The first kappa shape index (κ1) is 40.6. The monoisotopic (exact) mass is 758 g/mol. The Morgan fingerprint density at radius 2 is 1.36 bits per heavy atom. The van der Waals surface area contributed by atoms with Crippen LogP contribution < -0.4 is 0 Å². The number of rotatable bonds is 9. The normalized spacial score (nSPS) is 56.8. The molecule has 3 saturated heterocycles. The number of ether oxygens (including phenoxy) is 5. The summed E-state index contributed by atoms with van der Waals surface area (Å²) < 4.78 is 30.4. The Labute approximate surface area is 312 Å². The minimum atomic E-state index is -1.74. The number of hydrogen-bond donors (Lipinski definition) is 9. The highest BCUT2D eigenvalue weighted by Gasteiger charge is 2.71. The van der Waals surface area contributed by atoms with Gasteiger partial charge in [-0.15, -0.1) is 0 Å². The largest absolute Gasteiger partial charge is 0.394 e. The minimum absolute atomic E-state index is 0.00892. The van der Waals surface area contributed by atoms with Crippen molar-refractivity contribution < 1.29 is 69.6 Å². The Hall–Kier alpha value is -0.560. The van der Waals surface area contributed by atoms with E-state index in [0.29, 0.717) is 42.9 Å². The van der Waals surface area contributed by atoms with Gasteiger partial charge in [-0.1, -0.05) is 34.6 Å². The maximum absolute atomic E-state index is 12.0. The summed E-state index contributed by atoms with van der Waals surface area (Å²) >= 11 is 0. The molecule has 53 heavy (non-hydrogen) atoms. The summed E-state index contributed by atoms with van der Waals surface area (Å²) in [6, 6.07) is 0. The van der Waals surface area contributed by atoms with Gasteiger partial charge in [-0.3, -0.25) is 0 Å². The Balaban J connectivity index is 1.04. The Bertz CT molecular complexity index is 1270. The van der Waals surface area contributed by atoms with Crippen LogP contribution in [0.2, 0.25) is 0 Å². The molecule has 7 aliphatic rings. The van der Waals surface area contributed by atoms with Gasteiger partial charge in [0, 0.05) is 18.3 Å². The smallest absolute Gasteiger partial charge is 0.187 e. The molecule has 7 fully saturated rings. The Morgan fingerprint density at radius 1 is 0.717 bits per heavy atom. The second-order valence-electron chi connectivity index (χ2n) is 18.8. The van der Waals surface area contributed by atoms with E-state index in [1.165, 1.54) is 0 Å². The molecular formula is C39H66O14. The first-order valence-electron chi connectivity index (χ1n) is 20.3. The Kier molecular flexibility index (Phi) is 11.5. The van der Waals surface area contributed by atoms with Crippen molar-refractivity contribution in [2.45, 2.75) is 178 Å². The molecule has 7 rings (SSSR count). The summed E-state index contributed by atoms with van der Waals surface area (Å²) in [6.07, 6.45) is -8.50. The van der Waals surface area contributed by atoms with Crippen LogP contribution in [0.1, 0.15) is 92.4 Å². The van der Waals surface area contributed by atoms with Gasteiger partial charge in [0.2, 0.25) is 0 Å². The van der Waals surface area contributed by atoms with E-state index in [1.807, 2.05) is 0 Å². The molecule has 14 heteroatoms. The van der Waals surface area contributed by atoms with E-state index in [0.717, 1.165) is 38.5 Å². The van der Waals surface area contributed by atoms with E-state index in [9.17, 15) is 46.0 Å². The molecule has 3 heterocycles. The molecular weight excluding hydrogens is 692 g/mol. The van der Waals surface area contributed by atoms with Gasteiger partial charge < -0.3 is 69.6 Å². The summed E-state index contributed by atoms with van der Waals surface area (Å²) in [7, 11) is 0. The van der Waals surface area contributed by atoms with E-state index >= 15 is 0 Å². The van der Waals surface area contributed by atoms with E-state index in [1.54, 1.807) is 0 Å². The molecule has 0 aromatic rings. The minimum Gasteiger partial charge on any atom is -0.394 e. The first-order valence-corrected chi connectivity index (χ1v) is 20.3. The van der Waals surface area contributed by atoms with Crippen molar-refractivity contribution in [1.82, 2.24) is 0 Å². The van der Waals surface area contributed by atoms with Crippen molar-refractivity contribution in [2.24, 2.45) is 52.3 Å². The zero-order valence-electron chi connectivity index (χ0n) is 31.9. The lowest BCUT2D eigenvalue weighted by Gasteiger charge is -2.61. The molecule has 4 saturated carbocycles. The lowest BCUT2D eigenvalue weighted by atomic mass is 9.44. The van der Waals surface area contributed by atoms with Gasteiger partial charge in [0.25, 0.3) is 0 Å². The third kappa shape index (κ3) is 6.66. The van der Waals surface area contributed by atoms with E-state index in [-0.39, 0.29) is 40.8 Å². The fourth-order valence-corrected chi connectivity index (χ4v) is 12.7. The fraction of sp³-hybridized carbons (Fsp3) is 1.00. The second kappa shape index (κ2) is 15.0. The average Bonchev–Trinajstić information content (AvgIpc) is 3.52. The van der Waals surface area contributed by atoms with Crippen molar-refractivity contribution in [2.75, 3.05) is 13.2 Å². The van der Waals surface area contributed by atoms with E-state index in [4.69, 9.17) is 23.7 Å². The highest BCUT2D eigenvalue weighted by molar-refractivity contribution is 5.18. The summed E-state index contributed by atoms with van der Waals surface area (Å²) in [4.78, 5) is 0.